The number of carboxylic acids is 1. The highest BCUT2D eigenvalue weighted by Crippen LogP contribution is 2.10. The van der Waals surface area contributed by atoms with Crippen LogP contribution in [0.1, 0.15) is 30.6 Å². The minimum Gasteiger partial charge on any atom is -0.480 e. The van der Waals surface area contributed by atoms with Crippen LogP contribution in [0, 0.1) is 5.92 Å². The van der Waals surface area contributed by atoms with Crippen LogP contribution in [0.5, 0.6) is 0 Å². The number of hydrogen-bond acceptors (Lipinski definition) is 5. The molecule has 0 aromatic carbocycles. The van der Waals surface area contributed by atoms with Crippen LogP contribution in [0.3, 0.4) is 0 Å². The summed E-state index contributed by atoms with van der Waals surface area (Å²) in [6, 6.07) is 1.79. The van der Waals surface area contributed by atoms with Crippen molar-refractivity contribution in [1.82, 2.24) is 10.3 Å². The molecule has 0 radical (unpaired) electrons. The molecule has 0 saturated heterocycles. The lowest BCUT2D eigenvalue weighted by molar-refractivity contribution is -0.148. The van der Waals surface area contributed by atoms with Crippen molar-refractivity contribution in [3.8, 4) is 0 Å². The van der Waals surface area contributed by atoms with Gasteiger partial charge in [0.2, 0.25) is 0 Å². The van der Waals surface area contributed by atoms with E-state index < -0.39 is 29.8 Å². The molecule has 1 rings (SSSR count). The first-order valence-corrected chi connectivity index (χ1v) is 6.56. The van der Waals surface area contributed by atoms with E-state index in [1.54, 1.807) is 13.8 Å². The van der Waals surface area contributed by atoms with Crippen molar-refractivity contribution < 1.29 is 24.2 Å². The van der Waals surface area contributed by atoms with E-state index in [4.69, 9.17) is 9.84 Å². The summed E-state index contributed by atoms with van der Waals surface area (Å²) in [5.41, 5.74) is 0.306. The summed E-state index contributed by atoms with van der Waals surface area (Å²) < 4.78 is 4.82. The Morgan fingerprint density at radius 1 is 1.33 bits per heavy atom. The van der Waals surface area contributed by atoms with Gasteiger partial charge in [0.25, 0.3) is 5.91 Å². The third-order valence-corrected chi connectivity index (χ3v) is 2.82. The van der Waals surface area contributed by atoms with Crippen molar-refractivity contribution in [1.29, 1.82) is 0 Å². The average molecular weight is 294 g/mol. The molecule has 1 heterocycles. The van der Waals surface area contributed by atoms with Crippen LogP contribution in [0.15, 0.2) is 24.5 Å². The predicted molar refractivity (Wildman–Crippen MR) is 73.5 cm³/mol. The summed E-state index contributed by atoms with van der Waals surface area (Å²) in [6.07, 6.45) is 2.84. The lowest BCUT2D eigenvalue weighted by atomic mass is 10.0. The second-order valence-electron chi connectivity index (χ2n) is 4.49. The van der Waals surface area contributed by atoms with Gasteiger partial charge in [-0.25, -0.2) is 4.79 Å². The molecule has 2 N–H and O–H groups in total. The Bertz CT molecular complexity index is 503. The van der Waals surface area contributed by atoms with Crippen LogP contribution in [0.4, 0.5) is 0 Å². The monoisotopic (exact) mass is 294 g/mol. The van der Waals surface area contributed by atoms with Crippen LogP contribution < -0.4 is 5.32 Å². The number of esters is 1. The van der Waals surface area contributed by atoms with Crippen LogP contribution in [0.2, 0.25) is 0 Å². The lowest BCUT2D eigenvalue weighted by Crippen LogP contribution is -2.42. The average Bonchev–Trinajstić information content (AvgIpc) is 2.47. The number of aromatic nitrogens is 1. The Kier molecular flexibility index (Phi) is 6.32. The Morgan fingerprint density at radius 2 is 1.95 bits per heavy atom. The molecule has 0 aliphatic carbocycles. The van der Waals surface area contributed by atoms with Gasteiger partial charge in [0.05, 0.1) is 12.5 Å². The zero-order chi connectivity index (χ0) is 15.8. The van der Waals surface area contributed by atoms with Crippen LogP contribution >= 0.6 is 0 Å². The molecule has 1 aromatic heterocycles. The van der Waals surface area contributed by atoms with E-state index in [1.807, 2.05) is 0 Å². The highest BCUT2D eigenvalue weighted by molar-refractivity contribution is 5.96. The first kappa shape index (κ1) is 16.6. The molecule has 0 saturated carbocycles. The SMILES string of the molecule is CCOC(=O)[C@H](C)C[C@H](NC(=O)c1ccncc1)C(=O)O. The summed E-state index contributed by atoms with van der Waals surface area (Å²) in [4.78, 5) is 38.4. The summed E-state index contributed by atoms with van der Waals surface area (Å²) in [7, 11) is 0. The second-order valence-corrected chi connectivity index (χ2v) is 4.49. The molecule has 0 aliphatic rings. The molecule has 0 unspecified atom stereocenters. The molecule has 2 atom stereocenters. The summed E-state index contributed by atoms with van der Waals surface area (Å²) in [5.74, 6) is -2.83. The number of pyridine rings is 1. The number of hydrogen-bond donors (Lipinski definition) is 2. The summed E-state index contributed by atoms with van der Waals surface area (Å²) in [5, 5.41) is 11.5. The van der Waals surface area contributed by atoms with Crippen LogP contribution in [-0.4, -0.2) is 40.6 Å². The zero-order valence-corrected chi connectivity index (χ0v) is 11.9. The van der Waals surface area contributed by atoms with Gasteiger partial charge in [-0.2, -0.15) is 0 Å². The first-order valence-electron chi connectivity index (χ1n) is 6.56. The lowest BCUT2D eigenvalue weighted by Gasteiger charge is -2.18. The minimum atomic E-state index is -1.20. The normalized spacial score (nSPS) is 13.0. The highest BCUT2D eigenvalue weighted by Gasteiger charge is 2.26. The van der Waals surface area contributed by atoms with Gasteiger partial charge in [-0.3, -0.25) is 14.6 Å². The van der Waals surface area contributed by atoms with E-state index in [0.29, 0.717) is 5.56 Å². The van der Waals surface area contributed by atoms with Gasteiger partial charge >= 0.3 is 11.9 Å². The van der Waals surface area contributed by atoms with Crippen molar-refractivity contribution in [2.24, 2.45) is 5.92 Å². The number of ether oxygens (including phenoxy) is 1. The first-order chi connectivity index (χ1) is 9.95. The van der Waals surface area contributed by atoms with Crippen molar-refractivity contribution in [3.63, 3.8) is 0 Å². The van der Waals surface area contributed by atoms with E-state index in [0.717, 1.165) is 0 Å². The fourth-order valence-electron chi connectivity index (χ4n) is 1.70. The van der Waals surface area contributed by atoms with Gasteiger partial charge < -0.3 is 15.2 Å². The Labute approximate surface area is 122 Å². The smallest absolute Gasteiger partial charge is 0.326 e. The summed E-state index contributed by atoms with van der Waals surface area (Å²) >= 11 is 0. The predicted octanol–water partition coefficient (Wildman–Crippen LogP) is 0.854. The van der Waals surface area contributed by atoms with Gasteiger partial charge in [0.15, 0.2) is 0 Å². The summed E-state index contributed by atoms with van der Waals surface area (Å²) in [6.45, 7) is 3.46. The number of aliphatic carboxylic acids is 1. The fourth-order valence-corrected chi connectivity index (χ4v) is 1.70. The van der Waals surface area contributed by atoms with E-state index in [-0.39, 0.29) is 13.0 Å². The van der Waals surface area contributed by atoms with Crippen LogP contribution in [-0.2, 0) is 14.3 Å². The number of rotatable bonds is 7. The molecule has 114 valence electrons. The second kappa shape index (κ2) is 7.98. The van der Waals surface area contributed by atoms with E-state index >= 15 is 0 Å². The standard InChI is InChI=1S/C14H18N2O5/c1-3-21-14(20)9(2)8-11(13(18)19)16-12(17)10-4-6-15-7-5-10/h4-7,9,11H,3,8H2,1-2H3,(H,16,17)(H,18,19)/t9-,11+/m1/s1. The van der Waals surface area contributed by atoms with Crippen LogP contribution in [0.25, 0.3) is 0 Å². The molecule has 0 spiro atoms. The third-order valence-electron chi connectivity index (χ3n) is 2.82. The topological polar surface area (TPSA) is 106 Å². The molecule has 0 bridgehead atoms. The molecular formula is C14H18N2O5. The third kappa shape index (κ3) is 5.21. The van der Waals surface area contributed by atoms with Crippen molar-refractivity contribution >= 4 is 17.8 Å². The number of carbonyl (C=O) groups is 3. The Morgan fingerprint density at radius 3 is 2.48 bits per heavy atom. The molecule has 7 nitrogen and oxygen atoms in total. The number of carboxylic acid groups (broad SMARTS) is 1. The largest absolute Gasteiger partial charge is 0.480 e. The molecule has 0 fully saturated rings. The van der Waals surface area contributed by atoms with Gasteiger partial charge in [0, 0.05) is 18.0 Å². The number of nitrogens with one attached hydrogen (secondary N) is 1. The Hall–Kier alpha value is -2.44. The maximum absolute atomic E-state index is 11.9. The molecular weight excluding hydrogens is 276 g/mol. The van der Waals surface area contributed by atoms with Gasteiger partial charge in [-0.05, 0) is 25.5 Å². The molecule has 21 heavy (non-hydrogen) atoms. The quantitative estimate of drug-likeness (QED) is 0.722. The number of amides is 1. The zero-order valence-electron chi connectivity index (χ0n) is 11.9. The Balaban J connectivity index is 2.68. The molecule has 1 aromatic rings. The van der Waals surface area contributed by atoms with Gasteiger partial charge in [-0.15, -0.1) is 0 Å². The maximum Gasteiger partial charge on any atom is 0.326 e. The van der Waals surface area contributed by atoms with Gasteiger partial charge in [-0.1, -0.05) is 6.92 Å². The fraction of sp³-hybridized carbons (Fsp3) is 0.429. The molecule has 7 heteroatoms. The number of carbonyl (C=O) groups excluding carboxylic acids is 2. The van der Waals surface area contributed by atoms with Crippen molar-refractivity contribution in [3.05, 3.63) is 30.1 Å². The van der Waals surface area contributed by atoms with Gasteiger partial charge in [0.1, 0.15) is 6.04 Å². The minimum absolute atomic E-state index is 0.0367. The molecule has 1 amide bonds. The molecule has 0 aliphatic heterocycles. The van der Waals surface area contributed by atoms with E-state index in [9.17, 15) is 14.4 Å². The highest BCUT2D eigenvalue weighted by atomic mass is 16.5. The van der Waals surface area contributed by atoms with Crippen molar-refractivity contribution in [2.75, 3.05) is 6.61 Å². The van der Waals surface area contributed by atoms with Crippen molar-refractivity contribution in [2.45, 2.75) is 26.3 Å². The number of nitrogens with zero attached hydrogens (tertiary/aromatic N) is 1. The van der Waals surface area contributed by atoms with E-state index in [1.165, 1.54) is 24.5 Å². The van der Waals surface area contributed by atoms with E-state index in [2.05, 4.69) is 10.3 Å². The maximum atomic E-state index is 11.9.